The third-order valence-electron chi connectivity index (χ3n) is 6.37. The molecule has 0 saturated carbocycles. The molecule has 0 amide bonds. The number of halogens is 4. The van der Waals surface area contributed by atoms with E-state index in [2.05, 4.69) is 31.2 Å². The molecular weight excluding hydrogens is 436 g/mol. The van der Waals surface area contributed by atoms with E-state index in [1.807, 2.05) is 18.2 Å². The molecule has 4 aromatic rings. The summed E-state index contributed by atoms with van der Waals surface area (Å²) in [4.78, 5) is 0. The Morgan fingerprint density at radius 1 is 0.559 bits per heavy atom. The van der Waals surface area contributed by atoms with Crippen molar-refractivity contribution in [3.8, 4) is 11.1 Å². The van der Waals surface area contributed by atoms with Crippen molar-refractivity contribution in [3.63, 3.8) is 0 Å². The minimum atomic E-state index is -1.49. The van der Waals surface area contributed by atoms with Crippen molar-refractivity contribution < 1.29 is 17.6 Å². The van der Waals surface area contributed by atoms with Crippen LogP contribution in [0.1, 0.15) is 49.3 Å². The predicted molar refractivity (Wildman–Crippen MR) is 131 cm³/mol. The summed E-state index contributed by atoms with van der Waals surface area (Å²) < 4.78 is 55.2. The number of benzene rings is 4. The monoisotopic (exact) mass is 464 g/mol. The molecular formula is C30H28F4. The average molecular weight is 465 g/mol. The molecule has 0 heterocycles. The minimum Gasteiger partial charge on any atom is -0.206 e. The Hall–Kier alpha value is -3.14. The van der Waals surface area contributed by atoms with Crippen LogP contribution < -0.4 is 0 Å². The number of fused-ring (bicyclic) bond motifs is 1. The maximum absolute atomic E-state index is 15.1. The van der Waals surface area contributed by atoms with Gasteiger partial charge in [-0.3, -0.25) is 0 Å². The van der Waals surface area contributed by atoms with Crippen LogP contribution in [0, 0.1) is 23.3 Å². The van der Waals surface area contributed by atoms with Gasteiger partial charge < -0.3 is 0 Å². The van der Waals surface area contributed by atoms with Crippen LogP contribution in [0.15, 0.2) is 66.7 Å². The average Bonchev–Trinajstić information content (AvgIpc) is 2.85. The number of aryl methyl sites for hydroxylation is 3. The van der Waals surface area contributed by atoms with E-state index in [4.69, 9.17) is 0 Å². The number of rotatable bonds is 9. The standard InChI is InChI=1S/C30H28F4/c1-2-3-4-5-6-20-7-10-22(11-8-20)24-15-16-26-25(19-24)14-13-23(29(26)33)12-9-21-17-27(31)30(34)28(32)18-21/h7-8,10-11,13-19H,2-6,9,12H2,1H3. The van der Waals surface area contributed by atoms with Crippen molar-refractivity contribution in [2.24, 2.45) is 0 Å². The molecule has 0 atom stereocenters. The largest absolute Gasteiger partial charge is 0.206 e. The highest BCUT2D eigenvalue weighted by molar-refractivity contribution is 5.88. The quantitative estimate of drug-likeness (QED) is 0.132. The molecule has 0 unspecified atom stereocenters. The van der Waals surface area contributed by atoms with E-state index < -0.39 is 17.5 Å². The highest BCUT2D eigenvalue weighted by Crippen LogP contribution is 2.28. The topological polar surface area (TPSA) is 0 Å². The Kier molecular flexibility index (Phi) is 7.66. The summed E-state index contributed by atoms with van der Waals surface area (Å²) in [6.45, 7) is 2.21. The van der Waals surface area contributed by atoms with Crippen molar-refractivity contribution in [2.75, 3.05) is 0 Å². The van der Waals surface area contributed by atoms with Gasteiger partial charge in [-0.05, 0) is 77.1 Å². The van der Waals surface area contributed by atoms with E-state index in [0.717, 1.165) is 35.1 Å². The van der Waals surface area contributed by atoms with E-state index in [1.165, 1.54) is 31.2 Å². The lowest BCUT2D eigenvalue weighted by Crippen LogP contribution is -1.99. The van der Waals surface area contributed by atoms with Crippen LogP contribution in [0.5, 0.6) is 0 Å². The van der Waals surface area contributed by atoms with E-state index in [-0.39, 0.29) is 18.7 Å². The Balaban J connectivity index is 1.48. The van der Waals surface area contributed by atoms with Gasteiger partial charge in [0, 0.05) is 5.39 Å². The molecule has 0 N–H and O–H groups in total. The lowest BCUT2D eigenvalue weighted by atomic mass is 9.96. The summed E-state index contributed by atoms with van der Waals surface area (Å²) in [5.74, 6) is -4.29. The zero-order valence-corrected chi connectivity index (χ0v) is 19.3. The molecule has 0 fully saturated rings. The number of unbranched alkanes of at least 4 members (excludes halogenated alkanes) is 3. The Labute approximate surface area is 198 Å². The first kappa shape index (κ1) is 24.0. The lowest BCUT2D eigenvalue weighted by molar-refractivity contribution is 0.445. The second-order valence-corrected chi connectivity index (χ2v) is 8.86. The minimum absolute atomic E-state index is 0.208. The normalized spacial score (nSPS) is 11.3. The van der Waals surface area contributed by atoms with Crippen LogP contribution in [0.2, 0.25) is 0 Å². The fourth-order valence-electron chi connectivity index (χ4n) is 4.36. The molecule has 0 spiro atoms. The number of hydrogen-bond donors (Lipinski definition) is 0. The van der Waals surface area contributed by atoms with E-state index in [1.54, 1.807) is 12.1 Å². The molecule has 0 aliphatic carbocycles. The second-order valence-electron chi connectivity index (χ2n) is 8.86. The van der Waals surface area contributed by atoms with Crippen molar-refractivity contribution in [1.82, 2.24) is 0 Å². The summed E-state index contributed by atoms with van der Waals surface area (Å²) in [6, 6.07) is 19.7. The van der Waals surface area contributed by atoms with Crippen LogP contribution in [0.25, 0.3) is 21.9 Å². The van der Waals surface area contributed by atoms with Gasteiger partial charge in [0.05, 0.1) is 0 Å². The molecule has 0 aliphatic rings. The summed E-state index contributed by atoms with van der Waals surface area (Å²) >= 11 is 0. The van der Waals surface area contributed by atoms with Crippen LogP contribution in [0.4, 0.5) is 17.6 Å². The molecule has 4 aromatic carbocycles. The zero-order valence-electron chi connectivity index (χ0n) is 19.3. The van der Waals surface area contributed by atoms with Gasteiger partial charge in [-0.1, -0.05) is 74.7 Å². The van der Waals surface area contributed by atoms with Crippen LogP contribution >= 0.6 is 0 Å². The summed E-state index contributed by atoms with van der Waals surface area (Å²) in [6.07, 6.45) is 6.52. The summed E-state index contributed by atoms with van der Waals surface area (Å²) in [5.41, 5.74) is 4.19. The van der Waals surface area contributed by atoms with Gasteiger partial charge in [-0.25, -0.2) is 17.6 Å². The highest BCUT2D eigenvalue weighted by Gasteiger charge is 2.13. The fraction of sp³-hybridized carbons (Fsp3) is 0.267. The van der Waals surface area contributed by atoms with Crippen molar-refractivity contribution in [2.45, 2.75) is 51.9 Å². The summed E-state index contributed by atoms with van der Waals surface area (Å²) in [7, 11) is 0. The van der Waals surface area contributed by atoms with Crippen LogP contribution in [-0.2, 0) is 19.3 Å². The van der Waals surface area contributed by atoms with Crippen molar-refractivity contribution >= 4 is 10.8 Å². The smallest absolute Gasteiger partial charge is 0.194 e. The van der Waals surface area contributed by atoms with Gasteiger partial charge >= 0.3 is 0 Å². The van der Waals surface area contributed by atoms with Gasteiger partial charge in [0.25, 0.3) is 0 Å². The molecule has 0 radical (unpaired) electrons. The third-order valence-corrected chi connectivity index (χ3v) is 6.37. The Bertz CT molecular complexity index is 1250. The van der Waals surface area contributed by atoms with Gasteiger partial charge in [-0.15, -0.1) is 0 Å². The fourth-order valence-corrected chi connectivity index (χ4v) is 4.36. The first-order valence-electron chi connectivity index (χ1n) is 11.9. The van der Waals surface area contributed by atoms with Gasteiger partial charge in [0.15, 0.2) is 17.5 Å². The zero-order chi connectivity index (χ0) is 24.1. The van der Waals surface area contributed by atoms with Crippen molar-refractivity contribution in [3.05, 3.63) is 107 Å². The van der Waals surface area contributed by atoms with Crippen molar-refractivity contribution in [1.29, 1.82) is 0 Å². The molecule has 4 heteroatoms. The van der Waals surface area contributed by atoms with E-state index in [9.17, 15) is 13.2 Å². The van der Waals surface area contributed by atoms with Crippen LogP contribution in [-0.4, -0.2) is 0 Å². The highest BCUT2D eigenvalue weighted by atomic mass is 19.2. The SMILES string of the molecule is CCCCCCc1ccc(-c2ccc3c(F)c(CCc4cc(F)c(F)c(F)c4)ccc3c2)cc1. The predicted octanol–water partition coefficient (Wildman–Crippen LogP) is 8.97. The first-order valence-corrected chi connectivity index (χ1v) is 11.9. The molecule has 0 saturated heterocycles. The van der Waals surface area contributed by atoms with E-state index >= 15 is 4.39 Å². The summed E-state index contributed by atoms with van der Waals surface area (Å²) in [5, 5.41) is 1.30. The van der Waals surface area contributed by atoms with Gasteiger partial charge in [0.2, 0.25) is 0 Å². The van der Waals surface area contributed by atoms with Gasteiger partial charge in [-0.2, -0.15) is 0 Å². The molecule has 176 valence electrons. The maximum atomic E-state index is 15.1. The maximum Gasteiger partial charge on any atom is 0.194 e. The molecule has 4 rings (SSSR count). The molecule has 0 aromatic heterocycles. The van der Waals surface area contributed by atoms with Gasteiger partial charge in [0.1, 0.15) is 5.82 Å². The first-order chi connectivity index (χ1) is 16.5. The third kappa shape index (κ3) is 5.49. The number of hydrogen-bond acceptors (Lipinski definition) is 0. The Morgan fingerprint density at radius 3 is 1.97 bits per heavy atom. The molecule has 0 nitrogen and oxygen atoms in total. The molecule has 34 heavy (non-hydrogen) atoms. The molecule has 0 bridgehead atoms. The van der Waals surface area contributed by atoms with E-state index in [0.29, 0.717) is 16.5 Å². The van der Waals surface area contributed by atoms with Crippen LogP contribution in [0.3, 0.4) is 0 Å². The Morgan fingerprint density at radius 2 is 1.26 bits per heavy atom. The second kappa shape index (κ2) is 10.9. The molecule has 0 aliphatic heterocycles. The lowest BCUT2D eigenvalue weighted by Gasteiger charge is -2.10.